The molecule has 118 valence electrons. The highest BCUT2D eigenvalue weighted by molar-refractivity contribution is 7.89. The van der Waals surface area contributed by atoms with E-state index in [9.17, 15) is 23.6 Å². The summed E-state index contributed by atoms with van der Waals surface area (Å²) in [5.74, 6) is 5.20. The maximum atomic E-state index is 12.4. The Kier molecular flexibility index (Phi) is 4.89. The van der Waals surface area contributed by atoms with Crippen LogP contribution < -0.4 is 11.3 Å². The molecule has 0 atom stereocenters. The average molecular weight is 318 g/mol. The maximum absolute atomic E-state index is 12.4. The predicted molar refractivity (Wildman–Crippen MR) is 77.0 cm³/mol. The van der Waals surface area contributed by atoms with E-state index >= 15 is 0 Å². The molecule has 0 aliphatic carbocycles. The molecule has 0 spiro atoms. The number of sulfonamides is 1. The number of aliphatic hydroxyl groups is 1. The Morgan fingerprint density at radius 3 is 2.48 bits per heavy atom. The van der Waals surface area contributed by atoms with Crippen molar-refractivity contribution in [2.45, 2.75) is 24.3 Å². The van der Waals surface area contributed by atoms with Crippen molar-refractivity contribution >= 4 is 21.4 Å². The number of nitro benzene ring substituents is 1. The number of nitrogens with two attached hydrogens (primary N) is 1. The van der Waals surface area contributed by atoms with E-state index in [1.807, 2.05) is 0 Å². The van der Waals surface area contributed by atoms with Gasteiger partial charge in [0.2, 0.25) is 10.0 Å². The number of rotatable bonds is 6. The quantitative estimate of drug-likeness (QED) is 0.388. The van der Waals surface area contributed by atoms with E-state index in [0.717, 1.165) is 16.4 Å². The van der Waals surface area contributed by atoms with Crippen LogP contribution >= 0.6 is 0 Å². The lowest BCUT2D eigenvalue weighted by molar-refractivity contribution is -0.387. The molecule has 9 nitrogen and oxygen atoms in total. The Labute approximate surface area is 122 Å². The molecule has 0 bridgehead atoms. The summed E-state index contributed by atoms with van der Waals surface area (Å²) in [6, 6.07) is 3.43. The number of benzene rings is 1. The number of nitrogens with one attached hydrogen (secondary N) is 1. The maximum Gasteiger partial charge on any atom is 0.289 e. The second-order valence-corrected chi connectivity index (χ2v) is 7.17. The molecule has 0 heterocycles. The average Bonchev–Trinajstić information content (AvgIpc) is 2.35. The number of likely N-dealkylation sites (N-methyl/N-ethyl adjacent to an activating group) is 1. The summed E-state index contributed by atoms with van der Waals surface area (Å²) in [7, 11) is -2.91. The summed E-state index contributed by atoms with van der Waals surface area (Å²) in [6.45, 7) is 2.66. The zero-order valence-corrected chi connectivity index (χ0v) is 12.7. The Bertz CT molecular complexity index is 639. The van der Waals surface area contributed by atoms with Gasteiger partial charge in [-0.1, -0.05) is 0 Å². The van der Waals surface area contributed by atoms with Crippen molar-refractivity contribution in [2.75, 3.05) is 19.0 Å². The van der Waals surface area contributed by atoms with Gasteiger partial charge in [-0.05, 0) is 26.0 Å². The van der Waals surface area contributed by atoms with E-state index in [1.54, 1.807) is 0 Å². The Morgan fingerprint density at radius 2 is 2.05 bits per heavy atom. The molecule has 0 aliphatic rings. The number of anilines is 1. The highest BCUT2D eigenvalue weighted by Crippen LogP contribution is 2.29. The van der Waals surface area contributed by atoms with E-state index < -0.39 is 31.1 Å². The summed E-state index contributed by atoms with van der Waals surface area (Å²) in [5.41, 5.74) is 0.620. The fourth-order valence-corrected chi connectivity index (χ4v) is 3.26. The standard InChI is InChI=1S/C11H18N4O5S/c1-11(2,16)7-14(3)21(19,20)10-6-8(13-12)4-5-9(10)15(17)18/h4-6,13,16H,7,12H2,1-3H3. The molecule has 0 amide bonds. The third-order valence-corrected chi connectivity index (χ3v) is 4.45. The van der Waals surface area contributed by atoms with Crippen LogP contribution in [-0.4, -0.2) is 41.9 Å². The molecule has 4 N–H and O–H groups in total. The SMILES string of the molecule is CN(CC(C)(C)O)S(=O)(=O)c1cc(NN)ccc1[N+](=O)[O-]. The van der Waals surface area contributed by atoms with Gasteiger partial charge < -0.3 is 10.5 Å². The van der Waals surface area contributed by atoms with E-state index in [2.05, 4.69) is 5.43 Å². The molecule has 10 heteroatoms. The van der Waals surface area contributed by atoms with Gasteiger partial charge in [0, 0.05) is 19.7 Å². The molecular weight excluding hydrogens is 300 g/mol. The predicted octanol–water partition coefficient (Wildman–Crippen LogP) is 0.272. The van der Waals surface area contributed by atoms with E-state index in [-0.39, 0.29) is 12.2 Å². The van der Waals surface area contributed by atoms with Crippen LogP contribution in [0.5, 0.6) is 0 Å². The lowest BCUT2D eigenvalue weighted by atomic mass is 10.1. The van der Waals surface area contributed by atoms with E-state index in [0.29, 0.717) is 0 Å². The monoisotopic (exact) mass is 318 g/mol. The molecule has 1 rings (SSSR count). The second-order valence-electron chi connectivity index (χ2n) is 5.16. The highest BCUT2D eigenvalue weighted by atomic mass is 32.2. The van der Waals surface area contributed by atoms with Gasteiger partial charge in [-0.25, -0.2) is 8.42 Å². The molecule has 1 aromatic carbocycles. The van der Waals surface area contributed by atoms with Crippen LogP contribution in [0.2, 0.25) is 0 Å². The number of nitrogen functional groups attached to an aromatic ring is 1. The van der Waals surface area contributed by atoms with Gasteiger partial charge in [0.15, 0.2) is 4.90 Å². The van der Waals surface area contributed by atoms with Crippen LogP contribution in [0.25, 0.3) is 0 Å². The Balaban J connectivity index is 3.38. The van der Waals surface area contributed by atoms with Crippen molar-refractivity contribution in [3.05, 3.63) is 28.3 Å². The summed E-state index contributed by atoms with van der Waals surface area (Å²) >= 11 is 0. The summed E-state index contributed by atoms with van der Waals surface area (Å²) in [6.07, 6.45) is 0. The molecule has 1 aromatic rings. The van der Waals surface area contributed by atoms with Gasteiger partial charge in [0.25, 0.3) is 5.69 Å². The summed E-state index contributed by atoms with van der Waals surface area (Å²) < 4.78 is 25.7. The van der Waals surface area contributed by atoms with E-state index in [1.165, 1.54) is 27.0 Å². The first-order valence-electron chi connectivity index (χ1n) is 5.93. The molecule has 0 aliphatic heterocycles. The van der Waals surface area contributed by atoms with Crippen LogP contribution in [0.4, 0.5) is 11.4 Å². The lowest BCUT2D eigenvalue weighted by Crippen LogP contribution is -2.39. The molecule has 0 radical (unpaired) electrons. The minimum absolute atomic E-state index is 0.216. The van der Waals surface area contributed by atoms with Gasteiger partial charge >= 0.3 is 0 Å². The first-order valence-corrected chi connectivity index (χ1v) is 7.37. The van der Waals surface area contributed by atoms with E-state index in [4.69, 9.17) is 5.84 Å². The molecule has 0 fully saturated rings. The third-order valence-electron chi connectivity index (χ3n) is 2.62. The third kappa shape index (κ3) is 4.11. The minimum Gasteiger partial charge on any atom is -0.389 e. The first kappa shape index (κ1) is 17.3. The first-order chi connectivity index (χ1) is 9.49. The van der Waals surface area contributed by atoms with Crippen molar-refractivity contribution in [3.63, 3.8) is 0 Å². The number of hydrogen-bond acceptors (Lipinski definition) is 7. The zero-order chi connectivity index (χ0) is 16.4. The second kappa shape index (κ2) is 5.93. The number of nitrogens with zero attached hydrogens (tertiary/aromatic N) is 2. The largest absolute Gasteiger partial charge is 0.389 e. The van der Waals surface area contributed by atoms with Gasteiger partial charge in [0.05, 0.1) is 16.2 Å². The number of hydrazine groups is 1. The summed E-state index contributed by atoms with van der Waals surface area (Å²) in [5, 5.41) is 20.7. The Hall–Kier alpha value is -1.75. The zero-order valence-electron chi connectivity index (χ0n) is 11.9. The molecular formula is C11H18N4O5S. The normalized spacial score (nSPS) is 12.5. The van der Waals surface area contributed by atoms with Crippen LogP contribution in [0, 0.1) is 10.1 Å². The van der Waals surface area contributed by atoms with Gasteiger partial charge in [-0.2, -0.15) is 4.31 Å². The van der Waals surface area contributed by atoms with Crippen LogP contribution in [0.15, 0.2) is 23.1 Å². The number of hydrogen-bond donors (Lipinski definition) is 3. The molecule has 0 aromatic heterocycles. The summed E-state index contributed by atoms with van der Waals surface area (Å²) in [4.78, 5) is 9.72. The van der Waals surface area contributed by atoms with Crippen LogP contribution in [0.1, 0.15) is 13.8 Å². The highest BCUT2D eigenvalue weighted by Gasteiger charge is 2.32. The van der Waals surface area contributed by atoms with Gasteiger partial charge in [-0.3, -0.25) is 16.0 Å². The van der Waals surface area contributed by atoms with Crippen molar-refractivity contribution in [2.24, 2.45) is 5.84 Å². The van der Waals surface area contributed by atoms with Gasteiger partial charge in [0.1, 0.15) is 0 Å². The van der Waals surface area contributed by atoms with Gasteiger partial charge in [-0.15, -0.1) is 0 Å². The van der Waals surface area contributed by atoms with Crippen molar-refractivity contribution < 1.29 is 18.4 Å². The van der Waals surface area contributed by atoms with Crippen LogP contribution in [-0.2, 0) is 10.0 Å². The van der Waals surface area contributed by atoms with Crippen molar-refractivity contribution in [1.82, 2.24) is 4.31 Å². The number of nitro groups is 1. The molecule has 0 saturated heterocycles. The smallest absolute Gasteiger partial charge is 0.289 e. The molecule has 21 heavy (non-hydrogen) atoms. The van der Waals surface area contributed by atoms with Crippen molar-refractivity contribution in [1.29, 1.82) is 0 Å². The Morgan fingerprint density at radius 1 is 1.48 bits per heavy atom. The minimum atomic E-state index is -4.14. The van der Waals surface area contributed by atoms with Crippen LogP contribution in [0.3, 0.4) is 0 Å². The molecule has 0 saturated carbocycles. The van der Waals surface area contributed by atoms with Crippen molar-refractivity contribution in [3.8, 4) is 0 Å². The lowest BCUT2D eigenvalue weighted by Gasteiger charge is -2.25. The molecule has 0 unspecified atom stereocenters. The topological polar surface area (TPSA) is 139 Å². The fourth-order valence-electron chi connectivity index (χ4n) is 1.76. The fraction of sp³-hybridized carbons (Fsp3) is 0.455.